The van der Waals surface area contributed by atoms with Crippen LogP contribution in [0.2, 0.25) is 0 Å². The summed E-state index contributed by atoms with van der Waals surface area (Å²) < 4.78 is 14.8. The topological polar surface area (TPSA) is 86.9 Å². The van der Waals surface area contributed by atoms with E-state index in [1.54, 1.807) is 18.3 Å². The van der Waals surface area contributed by atoms with Crippen molar-refractivity contribution in [1.29, 1.82) is 0 Å². The van der Waals surface area contributed by atoms with E-state index in [4.69, 9.17) is 5.73 Å². The third kappa shape index (κ3) is 4.65. The molecule has 2 aliphatic heterocycles. The van der Waals surface area contributed by atoms with Crippen molar-refractivity contribution in [2.24, 2.45) is 16.6 Å². The summed E-state index contributed by atoms with van der Waals surface area (Å²) in [5.74, 6) is 0.630. The van der Waals surface area contributed by atoms with Crippen molar-refractivity contribution in [3.8, 4) is 0 Å². The second-order valence-corrected chi connectivity index (χ2v) is 8.41. The smallest absolute Gasteiger partial charge is 0.270 e. The molecule has 0 saturated carbocycles. The van der Waals surface area contributed by atoms with Gasteiger partial charge in [0.1, 0.15) is 17.3 Å². The fourth-order valence-corrected chi connectivity index (χ4v) is 4.10. The number of hydrogen-bond donors (Lipinski definition) is 2. The Kier molecular flexibility index (Phi) is 6.50. The van der Waals surface area contributed by atoms with Crippen LogP contribution in [-0.4, -0.2) is 50.3 Å². The first kappa shape index (κ1) is 22.0. The van der Waals surface area contributed by atoms with Crippen LogP contribution >= 0.6 is 0 Å². The molecule has 1 amide bonds. The van der Waals surface area contributed by atoms with Crippen molar-refractivity contribution in [3.63, 3.8) is 0 Å². The number of carbonyl (C=O) groups excluding carboxylic acids is 1. The Balaban J connectivity index is 1.50. The Morgan fingerprint density at radius 2 is 2.06 bits per heavy atom. The number of allylic oxidation sites excluding steroid dienone is 1. The maximum Gasteiger partial charge on any atom is 0.270 e. The van der Waals surface area contributed by atoms with Crippen LogP contribution in [0.15, 0.2) is 47.6 Å². The molecule has 4 rings (SSSR count). The van der Waals surface area contributed by atoms with Gasteiger partial charge in [0, 0.05) is 45.4 Å². The average Bonchev–Trinajstić information content (AvgIpc) is 3.30. The van der Waals surface area contributed by atoms with E-state index < -0.39 is 0 Å². The number of halogens is 1. The number of nitrogens with zero attached hydrogens (tertiary/aromatic N) is 4. The summed E-state index contributed by atoms with van der Waals surface area (Å²) >= 11 is 0. The highest BCUT2D eigenvalue weighted by Crippen LogP contribution is 2.33. The third-order valence-corrected chi connectivity index (χ3v) is 6.00. The molecule has 1 aromatic carbocycles. The number of amides is 1. The summed E-state index contributed by atoms with van der Waals surface area (Å²) in [5.41, 5.74) is 8.74. The van der Waals surface area contributed by atoms with Crippen molar-refractivity contribution < 1.29 is 9.18 Å². The lowest BCUT2D eigenvalue weighted by Gasteiger charge is -2.34. The Hall–Kier alpha value is -3.26. The number of nitrogens with one attached hydrogen (secondary N) is 1. The van der Waals surface area contributed by atoms with Gasteiger partial charge in [0.15, 0.2) is 0 Å². The molecule has 3 N–H and O–H groups in total. The molecular formula is C24H29FN6O. The van der Waals surface area contributed by atoms with Gasteiger partial charge >= 0.3 is 0 Å². The fraction of sp³-hybridized carbons (Fsp3) is 0.375. The van der Waals surface area contributed by atoms with Crippen molar-refractivity contribution in [2.75, 3.05) is 48.8 Å². The first-order valence-corrected chi connectivity index (χ1v) is 10.9. The van der Waals surface area contributed by atoms with Crippen molar-refractivity contribution >= 4 is 34.5 Å². The number of aliphatic imine (C=N–C) groups is 1. The van der Waals surface area contributed by atoms with Gasteiger partial charge in [-0.2, -0.15) is 0 Å². The molecular weight excluding hydrogens is 407 g/mol. The number of hydrogen-bond acceptors (Lipinski definition) is 6. The average molecular weight is 437 g/mol. The summed E-state index contributed by atoms with van der Waals surface area (Å²) in [6.07, 6.45) is 5.91. The Bertz CT molecular complexity index is 1060. The SMILES string of the molecule is CN(C)c1cc(C2=CCC(C(=O)Nc3cccc(F)c3N3CCC(CN)CC3)=N2)ccn1. The maximum atomic E-state index is 14.8. The van der Waals surface area contributed by atoms with Gasteiger partial charge in [-0.25, -0.2) is 14.4 Å². The number of benzene rings is 1. The third-order valence-electron chi connectivity index (χ3n) is 6.00. The summed E-state index contributed by atoms with van der Waals surface area (Å²) in [4.78, 5) is 25.7. The van der Waals surface area contributed by atoms with Crippen LogP contribution in [0.5, 0.6) is 0 Å². The van der Waals surface area contributed by atoms with E-state index in [1.807, 2.05) is 42.1 Å². The van der Waals surface area contributed by atoms with Gasteiger partial charge in [0.05, 0.1) is 17.1 Å². The van der Waals surface area contributed by atoms with Gasteiger partial charge in [-0.15, -0.1) is 0 Å². The van der Waals surface area contributed by atoms with Crippen LogP contribution in [0.3, 0.4) is 0 Å². The highest BCUT2D eigenvalue weighted by Gasteiger charge is 2.25. The zero-order valence-corrected chi connectivity index (χ0v) is 18.5. The largest absolute Gasteiger partial charge is 0.367 e. The molecule has 8 heteroatoms. The molecule has 0 aliphatic carbocycles. The first-order valence-electron chi connectivity index (χ1n) is 10.9. The summed E-state index contributed by atoms with van der Waals surface area (Å²) in [6.45, 7) is 2.08. The van der Waals surface area contributed by atoms with Gasteiger partial charge in [-0.3, -0.25) is 4.79 Å². The second kappa shape index (κ2) is 9.48. The van der Waals surface area contributed by atoms with Crippen LogP contribution in [0.25, 0.3) is 5.70 Å². The molecule has 0 spiro atoms. The highest BCUT2D eigenvalue weighted by atomic mass is 19.1. The van der Waals surface area contributed by atoms with Gasteiger partial charge in [-0.05, 0) is 49.6 Å². The lowest BCUT2D eigenvalue weighted by atomic mass is 9.96. The Labute approximate surface area is 187 Å². The predicted octanol–water partition coefficient (Wildman–Crippen LogP) is 3.29. The van der Waals surface area contributed by atoms with E-state index in [0.717, 1.165) is 29.9 Å². The normalized spacial score (nSPS) is 16.6. The number of rotatable bonds is 6. The van der Waals surface area contributed by atoms with Gasteiger partial charge < -0.3 is 20.9 Å². The van der Waals surface area contributed by atoms with Crippen molar-refractivity contribution in [2.45, 2.75) is 19.3 Å². The molecule has 1 saturated heterocycles. The van der Waals surface area contributed by atoms with E-state index in [0.29, 0.717) is 49.1 Å². The molecule has 0 unspecified atom stereocenters. The Morgan fingerprint density at radius 3 is 2.78 bits per heavy atom. The number of anilines is 3. The number of piperidine rings is 1. The summed E-state index contributed by atoms with van der Waals surface area (Å²) in [7, 11) is 3.85. The molecule has 0 bridgehead atoms. The molecule has 32 heavy (non-hydrogen) atoms. The van der Waals surface area contributed by atoms with Crippen LogP contribution < -0.4 is 20.9 Å². The molecule has 7 nitrogen and oxygen atoms in total. The molecule has 168 valence electrons. The zero-order valence-electron chi connectivity index (χ0n) is 18.5. The van der Waals surface area contributed by atoms with E-state index in [1.165, 1.54) is 6.07 Å². The van der Waals surface area contributed by atoms with Crippen LogP contribution in [-0.2, 0) is 4.79 Å². The molecule has 2 aromatic rings. The summed E-state index contributed by atoms with van der Waals surface area (Å²) in [6, 6.07) is 8.59. The summed E-state index contributed by atoms with van der Waals surface area (Å²) in [5, 5.41) is 2.89. The highest BCUT2D eigenvalue weighted by molar-refractivity contribution is 6.45. The molecule has 2 aliphatic rings. The Morgan fingerprint density at radius 1 is 1.28 bits per heavy atom. The fourth-order valence-electron chi connectivity index (χ4n) is 4.10. The van der Waals surface area contributed by atoms with Crippen molar-refractivity contribution in [3.05, 3.63) is 54.0 Å². The monoisotopic (exact) mass is 436 g/mol. The van der Waals surface area contributed by atoms with E-state index >= 15 is 0 Å². The van der Waals surface area contributed by atoms with E-state index in [9.17, 15) is 9.18 Å². The van der Waals surface area contributed by atoms with Crippen LogP contribution in [0.4, 0.5) is 21.6 Å². The maximum absolute atomic E-state index is 14.8. The molecule has 1 aromatic heterocycles. The van der Waals surface area contributed by atoms with Crippen LogP contribution in [0.1, 0.15) is 24.8 Å². The van der Waals surface area contributed by atoms with Gasteiger partial charge in [0.2, 0.25) is 0 Å². The lowest BCUT2D eigenvalue weighted by molar-refractivity contribution is -0.110. The minimum atomic E-state index is -0.339. The zero-order chi connectivity index (χ0) is 22.7. The van der Waals surface area contributed by atoms with Crippen LogP contribution in [0, 0.1) is 11.7 Å². The van der Waals surface area contributed by atoms with Crippen molar-refractivity contribution in [1.82, 2.24) is 4.98 Å². The first-order chi connectivity index (χ1) is 15.5. The number of carbonyl (C=O) groups is 1. The number of pyridine rings is 1. The van der Waals surface area contributed by atoms with Gasteiger partial charge in [-0.1, -0.05) is 12.1 Å². The number of nitrogens with two attached hydrogens (primary N) is 1. The molecule has 0 radical (unpaired) electrons. The quantitative estimate of drug-likeness (QED) is 0.726. The second-order valence-electron chi connectivity index (χ2n) is 8.41. The minimum absolute atomic E-state index is 0.318. The van der Waals surface area contributed by atoms with Gasteiger partial charge in [0.25, 0.3) is 5.91 Å². The van der Waals surface area contributed by atoms with E-state index in [2.05, 4.69) is 15.3 Å². The standard InChI is InChI=1S/C24H29FN6O/c1-30(2)22-14-17(8-11-27-22)19-6-7-21(28-19)24(32)29-20-5-3-4-18(25)23(20)31-12-9-16(15-26)10-13-31/h3-6,8,11,14,16H,7,9-10,12-13,15,26H2,1-2H3,(H,29,32). The molecule has 3 heterocycles. The predicted molar refractivity (Wildman–Crippen MR) is 128 cm³/mol. The molecule has 0 atom stereocenters. The van der Waals surface area contributed by atoms with E-state index in [-0.39, 0.29) is 11.7 Å². The number of aromatic nitrogens is 1. The number of para-hydroxylation sites is 1. The minimum Gasteiger partial charge on any atom is -0.367 e. The molecule has 1 fully saturated rings. The lowest BCUT2D eigenvalue weighted by Crippen LogP contribution is -2.37.